The SMILES string of the molecule is N#Cc1ccc(C(=O)O)c(C(F)(F)F)c1CCl. The van der Waals surface area contributed by atoms with E-state index in [0.717, 1.165) is 12.1 Å². The smallest absolute Gasteiger partial charge is 0.417 e. The lowest BCUT2D eigenvalue weighted by molar-refractivity contribution is -0.138. The first-order chi connectivity index (χ1) is 7.82. The maximum atomic E-state index is 12.7. The molecule has 0 saturated heterocycles. The van der Waals surface area contributed by atoms with E-state index in [9.17, 15) is 18.0 Å². The van der Waals surface area contributed by atoms with Crippen molar-refractivity contribution in [3.63, 3.8) is 0 Å². The minimum Gasteiger partial charge on any atom is -0.478 e. The number of carbonyl (C=O) groups is 1. The molecule has 1 rings (SSSR count). The third kappa shape index (κ3) is 2.50. The molecule has 0 saturated carbocycles. The van der Waals surface area contributed by atoms with Gasteiger partial charge >= 0.3 is 12.1 Å². The topological polar surface area (TPSA) is 61.1 Å². The highest BCUT2D eigenvalue weighted by molar-refractivity contribution is 6.17. The largest absolute Gasteiger partial charge is 0.478 e. The third-order valence-corrected chi connectivity index (χ3v) is 2.35. The van der Waals surface area contributed by atoms with Gasteiger partial charge in [0.1, 0.15) is 0 Å². The Kier molecular flexibility index (Phi) is 3.63. The van der Waals surface area contributed by atoms with Crippen molar-refractivity contribution in [1.29, 1.82) is 5.26 Å². The summed E-state index contributed by atoms with van der Waals surface area (Å²) in [7, 11) is 0. The number of aromatic carboxylic acids is 1. The summed E-state index contributed by atoms with van der Waals surface area (Å²) >= 11 is 5.35. The Balaban J connectivity index is 3.70. The lowest BCUT2D eigenvalue weighted by Gasteiger charge is -2.15. The van der Waals surface area contributed by atoms with Crippen molar-refractivity contribution in [3.05, 3.63) is 34.4 Å². The van der Waals surface area contributed by atoms with Crippen molar-refractivity contribution in [2.45, 2.75) is 12.1 Å². The molecule has 1 N–H and O–H groups in total. The number of hydrogen-bond donors (Lipinski definition) is 1. The lowest BCUT2D eigenvalue weighted by Crippen LogP contribution is -2.16. The first kappa shape index (κ1) is 13.3. The van der Waals surface area contributed by atoms with Gasteiger partial charge in [-0.25, -0.2) is 4.79 Å². The fraction of sp³-hybridized carbons (Fsp3) is 0.200. The van der Waals surface area contributed by atoms with E-state index in [2.05, 4.69) is 0 Å². The Bertz CT molecular complexity index is 505. The molecule has 0 bridgehead atoms. The van der Waals surface area contributed by atoms with Crippen LogP contribution in [-0.4, -0.2) is 11.1 Å². The molecular weight excluding hydrogens is 259 g/mol. The molecule has 90 valence electrons. The molecule has 0 aromatic heterocycles. The summed E-state index contributed by atoms with van der Waals surface area (Å²) in [4.78, 5) is 10.7. The van der Waals surface area contributed by atoms with E-state index in [0.29, 0.717) is 0 Å². The van der Waals surface area contributed by atoms with E-state index in [1.54, 1.807) is 6.07 Å². The monoisotopic (exact) mass is 263 g/mol. The van der Waals surface area contributed by atoms with Gasteiger partial charge in [-0.15, -0.1) is 11.6 Å². The molecule has 3 nitrogen and oxygen atoms in total. The molecule has 1 aromatic carbocycles. The predicted molar refractivity (Wildman–Crippen MR) is 52.7 cm³/mol. The van der Waals surface area contributed by atoms with Crippen molar-refractivity contribution in [2.75, 3.05) is 0 Å². The minimum absolute atomic E-state index is 0.280. The van der Waals surface area contributed by atoms with Gasteiger partial charge in [-0.1, -0.05) is 0 Å². The quantitative estimate of drug-likeness (QED) is 0.834. The molecule has 0 atom stereocenters. The van der Waals surface area contributed by atoms with Crippen LogP contribution in [0.25, 0.3) is 0 Å². The first-order valence-corrected chi connectivity index (χ1v) is 4.78. The summed E-state index contributed by atoms with van der Waals surface area (Å²) in [5.41, 5.74) is -3.06. The van der Waals surface area contributed by atoms with Crippen LogP contribution in [0.3, 0.4) is 0 Å². The maximum absolute atomic E-state index is 12.7. The van der Waals surface area contributed by atoms with Crippen molar-refractivity contribution < 1.29 is 23.1 Å². The molecule has 0 amide bonds. The van der Waals surface area contributed by atoms with Gasteiger partial charge in [0, 0.05) is 5.88 Å². The molecule has 17 heavy (non-hydrogen) atoms. The molecule has 0 aliphatic heterocycles. The Hall–Kier alpha value is -1.74. The van der Waals surface area contributed by atoms with Crippen LogP contribution in [0, 0.1) is 11.3 Å². The van der Waals surface area contributed by atoms with Crippen LogP contribution in [0.2, 0.25) is 0 Å². The second kappa shape index (κ2) is 4.63. The Morgan fingerprint density at radius 3 is 2.41 bits per heavy atom. The first-order valence-electron chi connectivity index (χ1n) is 4.25. The second-order valence-electron chi connectivity index (χ2n) is 3.06. The number of nitriles is 1. The number of rotatable bonds is 2. The number of alkyl halides is 4. The number of benzene rings is 1. The van der Waals surface area contributed by atoms with Crippen LogP contribution in [0.1, 0.15) is 27.0 Å². The molecule has 0 heterocycles. The molecule has 0 aliphatic rings. The maximum Gasteiger partial charge on any atom is 0.417 e. The highest BCUT2D eigenvalue weighted by Crippen LogP contribution is 2.36. The zero-order valence-corrected chi connectivity index (χ0v) is 8.93. The Morgan fingerprint density at radius 2 is 2.06 bits per heavy atom. The predicted octanol–water partition coefficient (Wildman–Crippen LogP) is 3.01. The summed E-state index contributed by atoms with van der Waals surface area (Å²) in [5, 5.41) is 17.3. The molecule has 1 aromatic rings. The van der Waals surface area contributed by atoms with Gasteiger partial charge in [0.25, 0.3) is 0 Å². The van der Waals surface area contributed by atoms with Crippen molar-refractivity contribution in [3.8, 4) is 6.07 Å². The Labute approximate surface area is 99.0 Å². The average molecular weight is 264 g/mol. The van der Waals surface area contributed by atoms with Crippen LogP contribution in [0.4, 0.5) is 13.2 Å². The number of nitrogens with zero attached hydrogens (tertiary/aromatic N) is 1. The van der Waals surface area contributed by atoms with Gasteiger partial charge in [0.2, 0.25) is 0 Å². The normalized spacial score (nSPS) is 11.0. The summed E-state index contributed by atoms with van der Waals surface area (Å²) in [6.45, 7) is 0. The van der Waals surface area contributed by atoms with Gasteiger partial charge in [-0.05, 0) is 17.7 Å². The minimum atomic E-state index is -4.87. The molecule has 0 fully saturated rings. The molecule has 0 aliphatic carbocycles. The molecular formula is C10H5ClF3NO2. The highest BCUT2D eigenvalue weighted by atomic mass is 35.5. The standard InChI is InChI=1S/C10H5ClF3NO2/c11-3-7-5(4-15)1-2-6(9(16)17)8(7)10(12,13)14/h1-2H,3H2,(H,16,17). The molecule has 7 heteroatoms. The van der Waals surface area contributed by atoms with Gasteiger partial charge in [0.05, 0.1) is 22.8 Å². The summed E-state index contributed by atoms with van der Waals surface area (Å²) < 4.78 is 38.2. The second-order valence-corrected chi connectivity index (χ2v) is 3.33. The van der Waals surface area contributed by atoms with E-state index < -0.39 is 34.7 Å². The molecule has 0 unspecified atom stereocenters. The van der Waals surface area contributed by atoms with E-state index in [1.807, 2.05) is 0 Å². The summed E-state index contributed by atoms with van der Waals surface area (Å²) in [6, 6.07) is 3.31. The fourth-order valence-corrected chi connectivity index (χ4v) is 1.67. The van der Waals surface area contributed by atoms with Crippen molar-refractivity contribution in [1.82, 2.24) is 0 Å². The van der Waals surface area contributed by atoms with Gasteiger partial charge < -0.3 is 5.11 Å². The van der Waals surface area contributed by atoms with Crippen LogP contribution >= 0.6 is 11.6 Å². The Morgan fingerprint density at radius 1 is 1.47 bits per heavy atom. The van der Waals surface area contributed by atoms with Crippen LogP contribution in [-0.2, 0) is 12.1 Å². The third-order valence-electron chi connectivity index (χ3n) is 2.08. The van der Waals surface area contributed by atoms with E-state index >= 15 is 0 Å². The van der Waals surface area contributed by atoms with Crippen molar-refractivity contribution in [2.24, 2.45) is 0 Å². The van der Waals surface area contributed by atoms with E-state index in [4.69, 9.17) is 22.0 Å². The van der Waals surface area contributed by atoms with Crippen molar-refractivity contribution >= 4 is 17.6 Å². The molecule has 0 radical (unpaired) electrons. The number of carboxylic acids is 1. The number of carboxylic acid groups (broad SMARTS) is 1. The highest BCUT2D eigenvalue weighted by Gasteiger charge is 2.38. The van der Waals surface area contributed by atoms with Gasteiger partial charge in [-0.3, -0.25) is 0 Å². The lowest BCUT2D eigenvalue weighted by atomic mass is 9.97. The van der Waals surface area contributed by atoms with E-state index in [1.165, 1.54) is 0 Å². The average Bonchev–Trinajstić information content (AvgIpc) is 2.25. The zero-order valence-electron chi connectivity index (χ0n) is 8.18. The fourth-order valence-electron chi connectivity index (χ4n) is 1.39. The summed E-state index contributed by atoms with van der Waals surface area (Å²) in [6.07, 6.45) is -4.87. The number of halogens is 4. The van der Waals surface area contributed by atoms with Crippen LogP contribution < -0.4 is 0 Å². The number of hydrogen-bond acceptors (Lipinski definition) is 2. The molecule has 0 spiro atoms. The summed E-state index contributed by atoms with van der Waals surface area (Å²) in [5.74, 6) is -2.30. The van der Waals surface area contributed by atoms with Crippen LogP contribution in [0.15, 0.2) is 12.1 Å². The van der Waals surface area contributed by atoms with Crippen LogP contribution in [0.5, 0.6) is 0 Å². The van der Waals surface area contributed by atoms with E-state index in [-0.39, 0.29) is 5.56 Å². The van der Waals surface area contributed by atoms with Gasteiger partial charge in [-0.2, -0.15) is 18.4 Å². The zero-order chi connectivity index (χ0) is 13.2. The van der Waals surface area contributed by atoms with Gasteiger partial charge in [0.15, 0.2) is 0 Å².